The van der Waals surface area contributed by atoms with Crippen molar-refractivity contribution in [3.8, 4) is 0 Å². The van der Waals surface area contributed by atoms with Crippen LogP contribution in [0, 0.1) is 51.8 Å². The Morgan fingerprint density at radius 3 is 2.37 bits per heavy atom. The zero-order valence-corrected chi connectivity index (χ0v) is 21.1. The van der Waals surface area contributed by atoms with Crippen LogP contribution in [0.3, 0.4) is 0 Å². The van der Waals surface area contributed by atoms with Gasteiger partial charge in [-0.3, -0.25) is 0 Å². The van der Waals surface area contributed by atoms with Crippen LogP contribution in [0.1, 0.15) is 113 Å². The predicted octanol–water partition coefficient (Wildman–Crippen LogP) is 8.02. The van der Waals surface area contributed by atoms with Crippen LogP contribution in [-0.4, -0.2) is 11.2 Å². The fraction of sp³-hybridized carbons (Fsp3) is 0.931. The third-order valence-electron chi connectivity index (χ3n) is 11.6. The molecule has 0 bridgehead atoms. The van der Waals surface area contributed by atoms with E-state index in [0.29, 0.717) is 22.2 Å². The Bertz CT molecular complexity index is 659. The van der Waals surface area contributed by atoms with E-state index in [-0.39, 0.29) is 6.10 Å². The van der Waals surface area contributed by atoms with Gasteiger partial charge in [-0.2, -0.15) is 0 Å². The highest BCUT2D eigenvalue weighted by Crippen LogP contribution is 2.67. The van der Waals surface area contributed by atoms with Gasteiger partial charge in [0.05, 0.1) is 6.10 Å². The second kappa shape index (κ2) is 7.93. The van der Waals surface area contributed by atoms with Crippen LogP contribution in [0.15, 0.2) is 11.6 Å². The Morgan fingerprint density at radius 2 is 1.67 bits per heavy atom. The van der Waals surface area contributed by atoms with E-state index in [1.807, 2.05) is 5.57 Å². The van der Waals surface area contributed by atoms with Crippen molar-refractivity contribution in [2.75, 3.05) is 0 Å². The molecule has 0 heterocycles. The highest BCUT2D eigenvalue weighted by atomic mass is 16.3. The molecular weight excluding hydrogens is 364 g/mol. The molecule has 0 saturated heterocycles. The number of aliphatic hydroxyl groups excluding tert-OH is 1. The van der Waals surface area contributed by atoms with Gasteiger partial charge in [0.1, 0.15) is 0 Å². The van der Waals surface area contributed by atoms with Crippen molar-refractivity contribution >= 4 is 0 Å². The smallest absolute Gasteiger partial charge is 0.0543 e. The summed E-state index contributed by atoms with van der Waals surface area (Å²) in [6.07, 6.45) is 15.7. The normalized spacial score (nSPS) is 44.8. The number of allylic oxidation sites excluding steroid dienone is 2. The van der Waals surface area contributed by atoms with Gasteiger partial charge in [0.2, 0.25) is 0 Å². The van der Waals surface area contributed by atoms with E-state index in [2.05, 4.69) is 54.5 Å². The Hall–Kier alpha value is -0.300. The Labute approximate surface area is 187 Å². The van der Waals surface area contributed by atoms with Crippen LogP contribution in [0.25, 0.3) is 0 Å². The van der Waals surface area contributed by atoms with Crippen LogP contribution in [0.5, 0.6) is 0 Å². The summed E-state index contributed by atoms with van der Waals surface area (Å²) < 4.78 is 0. The number of rotatable bonds is 5. The van der Waals surface area contributed by atoms with Crippen LogP contribution in [0.2, 0.25) is 0 Å². The minimum absolute atomic E-state index is 0.0429. The van der Waals surface area contributed by atoms with E-state index in [1.165, 1.54) is 51.4 Å². The van der Waals surface area contributed by atoms with E-state index in [9.17, 15) is 5.11 Å². The molecule has 172 valence electrons. The van der Waals surface area contributed by atoms with Gasteiger partial charge in [0.25, 0.3) is 0 Å². The summed E-state index contributed by atoms with van der Waals surface area (Å²) in [5, 5.41) is 10.3. The molecule has 1 heteroatoms. The van der Waals surface area contributed by atoms with E-state index in [0.717, 1.165) is 42.4 Å². The van der Waals surface area contributed by atoms with Gasteiger partial charge >= 0.3 is 0 Å². The van der Waals surface area contributed by atoms with Gasteiger partial charge in [-0.1, -0.05) is 60.1 Å². The number of fused-ring (bicyclic) bond motifs is 5. The van der Waals surface area contributed by atoms with Gasteiger partial charge < -0.3 is 5.11 Å². The minimum Gasteiger partial charge on any atom is -0.393 e. The second-order valence-corrected chi connectivity index (χ2v) is 13.6. The largest absolute Gasteiger partial charge is 0.393 e. The molecule has 0 aromatic heterocycles. The summed E-state index contributed by atoms with van der Waals surface area (Å²) in [7, 11) is 0. The molecule has 1 N–H and O–H groups in total. The Kier molecular flexibility index (Phi) is 6.05. The van der Waals surface area contributed by atoms with Gasteiger partial charge in [-0.25, -0.2) is 0 Å². The first-order valence-electron chi connectivity index (χ1n) is 13.4. The Morgan fingerprint density at radius 1 is 1.00 bits per heavy atom. The molecule has 4 aliphatic rings. The fourth-order valence-corrected chi connectivity index (χ4v) is 8.55. The molecule has 4 rings (SSSR count). The third-order valence-corrected chi connectivity index (χ3v) is 11.6. The lowest BCUT2D eigenvalue weighted by atomic mass is 9.47. The summed E-state index contributed by atoms with van der Waals surface area (Å²) in [5.41, 5.74) is 3.32. The lowest BCUT2D eigenvalue weighted by molar-refractivity contribution is -0.0430. The fourth-order valence-electron chi connectivity index (χ4n) is 8.55. The molecular formula is C29H50O. The topological polar surface area (TPSA) is 20.2 Å². The van der Waals surface area contributed by atoms with E-state index in [4.69, 9.17) is 0 Å². The summed E-state index contributed by atoms with van der Waals surface area (Å²) in [4.78, 5) is 0. The molecule has 30 heavy (non-hydrogen) atoms. The quantitative estimate of drug-likeness (QED) is 0.451. The SMILES string of the molecule is CC(CCC(C)(C)C(C)C)[C@H]1CC[C@H]2C3=CC[C@H]4C[C@@H](O)CC[C@]4(C)[C@H]3CC[C@]12C. The van der Waals surface area contributed by atoms with Gasteiger partial charge in [-0.05, 0) is 116 Å². The van der Waals surface area contributed by atoms with Crippen LogP contribution < -0.4 is 0 Å². The molecule has 4 aliphatic carbocycles. The first kappa shape index (κ1) is 22.9. The van der Waals surface area contributed by atoms with Crippen molar-refractivity contribution in [3.05, 3.63) is 11.6 Å². The number of aliphatic hydroxyl groups is 1. The van der Waals surface area contributed by atoms with Crippen molar-refractivity contribution in [3.63, 3.8) is 0 Å². The predicted molar refractivity (Wildman–Crippen MR) is 128 cm³/mol. The molecule has 1 nitrogen and oxygen atoms in total. The van der Waals surface area contributed by atoms with Crippen LogP contribution in [-0.2, 0) is 0 Å². The van der Waals surface area contributed by atoms with Gasteiger partial charge in [-0.15, -0.1) is 0 Å². The molecule has 0 amide bonds. The maximum Gasteiger partial charge on any atom is 0.0543 e. The first-order valence-corrected chi connectivity index (χ1v) is 13.4. The molecule has 0 spiro atoms. The van der Waals surface area contributed by atoms with Gasteiger partial charge in [0, 0.05) is 0 Å². The van der Waals surface area contributed by atoms with Crippen molar-refractivity contribution in [1.82, 2.24) is 0 Å². The van der Waals surface area contributed by atoms with E-state index >= 15 is 0 Å². The maximum absolute atomic E-state index is 10.3. The standard InChI is InChI=1S/C29H50O/c1-19(2)27(4,5)15-12-20(3)24-10-11-25-23-9-8-21-18-22(30)13-16-28(21,6)26(23)14-17-29(24,25)7/h9,19-22,24-26,30H,8,10-18H2,1-7H3/t20?,21-,22-,24+,25-,26-,28-,29+/m0/s1. The molecule has 3 saturated carbocycles. The van der Waals surface area contributed by atoms with Crippen molar-refractivity contribution in [2.24, 2.45) is 51.8 Å². The molecule has 0 aromatic rings. The molecule has 8 atom stereocenters. The number of hydrogen-bond donors (Lipinski definition) is 1. The Balaban J connectivity index is 1.50. The zero-order chi connectivity index (χ0) is 21.9. The van der Waals surface area contributed by atoms with Crippen LogP contribution >= 0.6 is 0 Å². The minimum atomic E-state index is -0.0429. The van der Waals surface area contributed by atoms with E-state index in [1.54, 1.807) is 0 Å². The average Bonchev–Trinajstić information content (AvgIpc) is 3.04. The summed E-state index contributed by atoms with van der Waals surface area (Å²) in [6, 6.07) is 0. The highest BCUT2D eigenvalue weighted by molar-refractivity contribution is 5.27. The lowest BCUT2D eigenvalue weighted by Crippen LogP contribution is -2.49. The van der Waals surface area contributed by atoms with Crippen molar-refractivity contribution in [2.45, 2.75) is 119 Å². The molecule has 1 unspecified atom stereocenters. The van der Waals surface area contributed by atoms with Gasteiger partial charge in [0.15, 0.2) is 0 Å². The molecule has 0 radical (unpaired) electrons. The monoisotopic (exact) mass is 414 g/mol. The van der Waals surface area contributed by atoms with Crippen molar-refractivity contribution in [1.29, 1.82) is 0 Å². The third kappa shape index (κ3) is 3.64. The first-order chi connectivity index (χ1) is 14.0. The summed E-state index contributed by atoms with van der Waals surface area (Å²) in [5.74, 6) is 4.89. The molecule has 0 aliphatic heterocycles. The molecule has 3 fully saturated rings. The van der Waals surface area contributed by atoms with Crippen LogP contribution in [0.4, 0.5) is 0 Å². The summed E-state index contributed by atoms with van der Waals surface area (Å²) >= 11 is 0. The number of hydrogen-bond acceptors (Lipinski definition) is 1. The lowest BCUT2D eigenvalue weighted by Gasteiger charge is -2.57. The second-order valence-electron chi connectivity index (χ2n) is 13.6. The van der Waals surface area contributed by atoms with Crippen molar-refractivity contribution < 1.29 is 5.11 Å². The zero-order valence-electron chi connectivity index (χ0n) is 21.1. The average molecular weight is 415 g/mol. The maximum atomic E-state index is 10.3. The van der Waals surface area contributed by atoms with E-state index < -0.39 is 0 Å². The molecule has 0 aromatic carbocycles. The highest BCUT2D eigenvalue weighted by Gasteiger charge is 2.58. The summed E-state index contributed by atoms with van der Waals surface area (Å²) in [6.45, 7) is 17.6.